The molecule has 12 heteroatoms. The maximum absolute atomic E-state index is 11.5. The summed E-state index contributed by atoms with van der Waals surface area (Å²) in [7, 11) is -6.10. The lowest BCUT2D eigenvalue weighted by molar-refractivity contribution is -0.119. The van der Waals surface area contributed by atoms with E-state index in [0.29, 0.717) is 5.78 Å². The first-order valence-corrected chi connectivity index (χ1v) is 37.8. The fourth-order valence-corrected chi connectivity index (χ4v) is 11.8. The molecule has 0 bridgehead atoms. The van der Waals surface area contributed by atoms with E-state index in [1.807, 2.05) is 0 Å². The molecule has 0 radical (unpaired) electrons. The van der Waals surface area contributed by atoms with Gasteiger partial charge in [-0.3, -0.25) is 4.79 Å². The highest BCUT2D eigenvalue weighted by Crippen LogP contribution is 2.51. The fraction of sp³-hybridized carbons (Fsp3) is 0.928. The van der Waals surface area contributed by atoms with Crippen LogP contribution in [0, 0.1) is 22.7 Å². The van der Waals surface area contributed by atoms with Crippen LogP contribution in [0.15, 0.2) is 0 Å². The van der Waals surface area contributed by atoms with Gasteiger partial charge in [0.15, 0.2) is 0 Å². The normalized spacial score (nSPS) is 11.3. The lowest BCUT2D eigenvalue weighted by atomic mass is 10.0. The molecule has 0 rings (SSSR count). The Labute approximate surface area is 507 Å². The van der Waals surface area contributed by atoms with Crippen molar-refractivity contribution in [3.63, 3.8) is 0 Å². The number of carbonyl (C=O) groups excluding carboxylic acids is 1. The Balaban J connectivity index is -0.000000325. The van der Waals surface area contributed by atoms with Crippen LogP contribution < -0.4 is 0 Å². The van der Waals surface area contributed by atoms with Gasteiger partial charge in [-0.25, -0.2) is 0 Å². The topological polar surface area (TPSA) is 162 Å². The summed E-state index contributed by atoms with van der Waals surface area (Å²) in [5.41, 5.74) is 0. The number of aliphatic hydroxyl groups excluding tert-OH is 1. The molecule has 0 unspecified atom stereocenters. The Morgan fingerprint density at radius 3 is 0.877 bits per heavy atom. The zero-order chi connectivity index (χ0) is 60.3. The van der Waals surface area contributed by atoms with Gasteiger partial charge in [-0.15, -0.1) is 0 Å². The minimum atomic E-state index is -3.34. The zero-order valence-corrected chi connectivity index (χ0v) is 56.4. The predicted molar refractivity (Wildman–Crippen MR) is 359 cm³/mol. The van der Waals surface area contributed by atoms with Gasteiger partial charge >= 0.3 is 0 Å². The van der Waals surface area contributed by atoms with Gasteiger partial charge in [-0.1, -0.05) is 307 Å². The van der Waals surface area contributed by atoms with Crippen LogP contribution in [0.5, 0.6) is 0 Å². The van der Waals surface area contributed by atoms with Crippen molar-refractivity contribution in [2.24, 2.45) is 0 Å². The van der Waals surface area contributed by atoms with Gasteiger partial charge in [0.05, 0.1) is 56.5 Å². The Morgan fingerprint density at radius 1 is 0.395 bits per heavy atom. The average molecular weight is 1190 g/mol. The number of aliphatic hydroxyl groups is 1. The highest BCUT2D eigenvalue weighted by Gasteiger charge is 2.23. The molecule has 486 valence electrons. The molecule has 0 aliphatic heterocycles. The molecule has 0 heterocycles. The molecule has 3 N–H and O–H groups in total. The molecule has 0 aliphatic carbocycles. The third-order valence-corrected chi connectivity index (χ3v) is 17.0. The average Bonchev–Trinajstić information content (AvgIpc) is 3.42. The van der Waals surface area contributed by atoms with Crippen molar-refractivity contribution in [2.45, 2.75) is 402 Å². The third-order valence-electron chi connectivity index (χ3n) is 14.6. The first-order chi connectivity index (χ1) is 38.7. The highest BCUT2D eigenvalue weighted by molar-refractivity contribution is 7.59. The second-order valence-corrected chi connectivity index (χ2v) is 26.4. The van der Waals surface area contributed by atoms with Crippen molar-refractivity contribution >= 4 is 33.5 Å². The highest BCUT2D eigenvalue weighted by atomic mass is 31.2. The van der Waals surface area contributed by atoms with Crippen LogP contribution in [0.1, 0.15) is 384 Å². The molecule has 0 saturated heterocycles. The van der Waals surface area contributed by atoms with Gasteiger partial charge in [0, 0.05) is 12.8 Å². The number of Topliss-reactive ketones (excluding diaryl/α,β-unsaturated/α-hetero) is 1. The maximum Gasteiger partial charge on any atom is 0.250 e. The molecule has 0 aromatic carbocycles. The second kappa shape index (κ2) is 73.2. The van der Waals surface area contributed by atoms with Crippen LogP contribution >= 0.6 is 15.1 Å². The van der Waals surface area contributed by atoms with Crippen LogP contribution in [-0.2, 0) is 22.9 Å². The molecule has 81 heavy (non-hydrogen) atoms. The van der Waals surface area contributed by atoms with Crippen LogP contribution in [0.4, 0.5) is 0 Å². The van der Waals surface area contributed by atoms with E-state index >= 15 is 0 Å². The molecule has 0 amide bonds. The molecule has 0 spiro atoms. The predicted octanol–water partition coefficient (Wildman–Crippen LogP) is 23.4. The second-order valence-electron chi connectivity index (χ2n) is 23.0. The molecule has 0 aromatic rings. The summed E-state index contributed by atoms with van der Waals surface area (Å²) in [5.74, 6) is 0.494. The van der Waals surface area contributed by atoms with Crippen molar-refractivity contribution in [1.82, 2.24) is 0 Å². The van der Waals surface area contributed by atoms with E-state index in [1.165, 1.54) is 218 Å². The number of carbonyl (C=O) groups is 1. The number of rotatable bonds is 58. The van der Waals surface area contributed by atoms with Crippen molar-refractivity contribution in [2.75, 3.05) is 13.2 Å². The zero-order valence-electron chi connectivity index (χ0n) is 54.6. The first kappa shape index (κ1) is 88.7. The number of nitriles is 2. The van der Waals surface area contributed by atoms with E-state index in [9.17, 15) is 19.7 Å². The van der Waals surface area contributed by atoms with E-state index in [1.54, 1.807) is 0 Å². The lowest BCUT2D eigenvalue weighted by Gasteiger charge is -2.29. The minimum absolute atomic E-state index is 0. The van der Waals surface area contributed by atoms with Gasteiger partial charge in [-0.2, -0.15) is 10.5 Å². The standard InChI is InChI=1S/C22H41N2O3P.C16H35O3P.C15H32O.C15H30O.CH4/c1-4-6-8-10-12-16-22(17-13-11-9-7-5-2)27-28(3,25-20-14-18-23)26-21-15-19-24;1-4-6-8-10-12-14-16(19-20(3,17)18)15-13-11-9-7-5-2;2*1-3-5-7-9-11-13-15(16)14-12-10-8-6-4-2;/h22H,3-17,20-21H2,1-2H3;16-18H,3-15H2,1-2H3;15-16H,3-14H2,1-2H3;3-14H2,1-2H3;1H4. The number of nitrogens with zero attached hydrogens (tertiary/aromatic N) is 2. The summed E-state index contributed by atoms with van der Waals surface area (Å²) in [6, 6.07) is 4.14. The SMILES string of the molecule is C.C=P(O)(O)OC(CCCCCCC)CCCCCCC.C=P(OCCC#N)(OCCC#N)OC(CCCCCCC)CCCCCCC.CCCCCCCC(=O)CCCCCCC.CCCCCCCC(O)CCCCCCC. The van der Waals surface area contributed by atoms with Gasteiger partial charge in [0.2, 0.25) is 7.57 Å². The quantitative estimate of drug-likeness (QED) is 0.0395. The minimum Gasteiger partial charge on any atom is -0.393 e. The number of hydrogen-bond donors (Lipinski definition) is 3. The van der Waals surface area contributed by atoms with E-state index in [2.05, 4.69) is 80.1 Å². The van der Waals surface area contributed by atoms with Crippen LogP contribution in [-0.4, -0.2) is 64.8 Å². The van der Waals surface area contributed by atoms with E-state index < -0.39 is 15.1 Å². The molecule has 0 atom stereocenters. The summed E-state index contributed by atoms with van der Waals surface area (Å²) < 4.78 is 23.2. The first-order valence-electron chi connectivity index (χ1n) is 34.2. The van der Waals surface area contributed by atoms with Crippen LogP contribution in [0.3, 0.4) is 0 Å². The largest absolute Gasteiger partial charge is 0.393 e. The molecule has 10 nitrogen and oxygen atoms in total. The van der Waals surface area contributed by atoms with Gasteiger partial charge < -0.3 is 33.0 Å². The fourth-order valence-electron chi connectivity index (χ4n) is 9.51. The molecular formula is C69H142N2O8P2. The summed E-state index contributed by atoms with van der Waals surface area (Å²) in [6.45, 7) is 18.3. The summed E-state index contributed by atoms with van der Waals surface area (Å²) in [5, 5.41) is 27.3. The van der Waals surface area contributed by atoms with Crippen molar-refractivity contribution < 1.29 is 37.8 Å². The molecular weight excluding hydrogens is 1050 g/mol. The van der Waals surface area contributed by atoms with E-state index in [4.69, 9.17) is 28.6 Å². The maximum atomic E-state index is 11.5. The van der Waals surface area contributed by atoms with Crippen molar-refractivity contribution in [1.29, 1.82) is 10.5 Å². The third kappa shape index (κ3) is 79.0. The number of hydrogen-bond acceptors (Lipinski definition) is 10. The monoisotopic (exact) mass is 1190 g/mol. The van der Waals surface area contributed by atoms with E-state index in [0.717, 1.165) is 89.9 Å². The summed E-state index contributed by atoms with van der Waals surface area (Å²) >= 11 is 0. The smallest absolute Gasteiger partial charge is 0.250 e. The van der Waals surface area contributed by atoms with Gasteiger partial charge in [0.1, 0.15) is 5.78 Å². The summed E-state index contributed by atoms with van der Waals surface area (Å²) in [4.78, 5) is 30.3. The summed E-state index contributed by atoms with van der Waals surface area (Å²) in [6.07, 6.45) is 65.7. The molecule has 0 aromatic heterocycles. The van der Waals surface area contributed by atoms with Crippen molar-refractivity contribution in [3.05, 3.63) is 0 Å². The Hall–Kier alpha value is -1.03. The van der Waals surface area contributed by atoms with Crippen LogP contribution in [0.25, 0.3) is 0 Å². The number of unbranched alkanes of at least 4 members (excludes halogenated alkanes) is 32. The Morgan fingerprint density at radius 2 is 0.630 bits per heavy atom. The molecule has 0 fully saturated rings. The van der Waals surface area contributed by atoms with E-state index in [-0.39, 0.29) is 51.8 Å². The Kier molecular flexibility index (Phi) is 80.2. The number of ketones is 1. The van der Waals surface area contributed by atoms with Gasteiger partial charge in [0.25, 0.3) is 7.57 Å². The Bertz CT molecular complexity index is 1320. The molecule has 0 aliphatic rings. The van der Waals surface area contributed by atoms with Crippen molar-refractivity contribution in [3.8, 4) is 12.1 Å². The van der Waals surface area contributed by atoms with Crippen LogP contribution in [0.2, 0.25) is 0 Å². The van der Waals surface area contributed by atoms with Gasteiger partial charge in [-0.05, 0) is 64.0 Å². The molecule has 0 saturated carbocycles. The lowest BCUT2D eigenvalue weighted by Crippen LogP contribution is -2.15.